The summed E-state index contributed by atoms with van der Waals surface area (Å²) in [5.41, 5.74) is 0. The summed E-state index contributed by atoms with van der Waals surface area (Å²) in [5.74, 6) is 0. The Morgan fingerprint density at radius 3 is 1.00 bits per heavy atom. The maximum absolute atomic E-state index is 3.60. The van der Waals surface area contributed by atoms with Crippen molar-refractivity contribution < 1.29 is 4.70 Å². The number of benzene rings is 1. The molecule has 1 aromatic carbocycles. The summed E-state index contributed by atoms with van der Waals surface area (Å²) in [6.45, 7) is 0. The van der Waals surface area contributed by atoms with E-state index in [9.17, 15) is 0 Å². The molecule has 1 aliphatic heterocycles. The average Bonchev–Trinajstić information content (AvgIpc) is 2.71. The predicted molar refractivity (Wildman–Crippen MR) is 43.4 cm³/mol. The Labute approximate surface area is 66.5 Å². The van der Waals surface area contributed by atoms with Crippen LogP contribution in [0, 0.1) is 0 Å². The Bertz CT molecular complexity index is 194. The van der Waals surface area contributed by atoms with Crippen molar-refractivity contribution in [3.05, 3.63) is 36.4 Å². The zero-order valence-electron chi connectivity index (χ0n) is 6.81. The highest BCUT2D eigenvalue weighted by atomic mass is 16.0. The van der Waals surface area contributed by atoms with E-state index in [0.717, 1.165) is 0 Å². The molecular formula is C8H12N3+. The molecule has 0 unspecified atom stereocenters. The fraction of sp³-hybridized carbons (Fsp3) is 0.250. The second-order valence-corrected chi connectivity index (χ2v) is 2.67. The number of quaternary nitrogens is 1. The smallest absolute Gasteiger partial charge is 0.0623 e. The van der Waals surface area contributed by atoms with Crippen LogP contribution in [0.2, 0.25) is 0 Å². The van der Waals surface area contributed by atoms with Gasteiger partial charge in [0, 0.05) is 0 Å². The van der Waals surface area contributed by atoms with Gasteiger partial charge in [-0.2, -0.15) is 0 Å². The minimum absolute atomic E-state index is 0.500. The SMILES string of the molecule is C[N+]1(C)N=N1.c1ccccc1. The Hall–Kier alpha value is -1.22. The van der Waals surface area contributed by atoms with Crippen LogP contribution in [0.3, 0.4) is 0 Å². The van der Waals surface area contributed by atoms with Gasteiger partial charge in [0.1, 0.15) is 24.5 Å². The zero-order valence-corrected chi connectivity index (χ0v) is 6.81. The Morgan fingerprint density at radius 1 is 0.727 bits per heavy atom. The van der Waals surface area contributed by atoms with E-state index in [1.807, 2.05) is 50.5 Å². The zero-order chi connectivity index (χ0) is 8.16. The van der Waals surface area contributed by atoms with Crippen molar-refractivity contribution in [2.24, 2.45) is 10.4 Å². The van der Waals surface area contributed by atoms with Crippen LogP contribution >= 0.6 is 0 Å². The molecule has 0 bridgehead atoms. The minimum Gasteiger partial charge on any atom is -0.0623 e. The van der Waals surface area contributed by atoms with Gasteiger partial charge in [-0.15, -0.1) is 0 Å². The van der Waals surface area contributed by atoms with Crippen LogP contribution in [-0.2, 0) is 0 Å². The molecule has 58 valence electrons. The highest BCUT2D eigenvalue weighted by molar-refractivity contribution is 4.99. The van der Waals surface area contributed by atoms with E-state index in [1.54, 1.807) is 0 Å². The lowest BCUT2D eigenvalue weighted by Gasteiger charge is -1.82. The van der Waals surface area contributed by atoms with Crippen molar-refractivity contribution in [2.75, 3.05) is 14.1 Å². The van der Waals surface area contributed by atoms with Crippen molar-refractivity contribution in [1.82, 2.24) is 0 Å². The molecule has 0 saturated heterocycles. The quantitative estimate of drug-likeness (QED) is 0.506. The molecule has 0 N–H and O–H groups in total. The summed E-state index contributed by atoms with van der Waals surface area (Å²) < 4.78 is 0.500. The molecule has 3 heteroatoms. The van der Waals surface area contributed by atoms with Crippen LogP contribution in [0.4, 0.5) is 0 Å². The first-order valence-corrected chi connectivity index (χ1v) is 3.49. The Kier molecular flexibility index (Phi) is 2.33. The highest BCUT2D eigenvalue weighted by Gasteiger charge is 2.27. The predicted octanol–water partition coefficient (Wildman–Crippen LogP) is 2.05. The van der Waals surface area contributed by atoms with Crippen LogP contribution < -0.4 is 0 Å². The molecule has 0 saturated carbocycles. The molecule has 1 aliphatic rings. The number of rotatable bonds is 0. The van der Waals surface area contributed by atoms with E-state index >= 15 is 0 Å². The first kappa shape index (κ1) is 7.88. The Balaban J connectivity index is 0.000000112. The third-order valence-electron chi connectivity index (χ3n) is 1.11. The largest absolute Gasteiger partial charge is 0.124 e. The minimum atomic E-state index is 0.500. The molecule has 0 spiro atoms. The number of hydrogen-bond donors (Lipinski definition) is 0. The standard InChI is InChI=1S/C6H6.C2H6N3/c1-2-4-6-5-3-1;1-5(2)3-4-5/h1-6H;1-2H3/q;+1. The Morgan fingerprint density at radius 2 is 0.909 bits per heavy atom. The van der Waals surface area contributed by atoms with Crippen molar-refractivity contribution in [1.29, 1.82) is 0 Å². The van der Waals surface area contributed by atoms with Crippen molar-refractivity contribution in [3.8, 4) is 0 Å². The molecule has 3 nitrogen and oxygen atoms in total. The molecule has 11 heavy (non-hydrogen) atoms. The molecule has 0 aliphatic carbocycles. The van der Waals surface area contributed by atoms with E-state index in [1.165, 1.54) is 0 Å². The first-order valence-electron chi connectivity index (χ1n) is 3.49. The number of hydrogen-bond acceptors (Lipinski definition) is 2. The van der Waals surface area contributed by atoms with Crippen LogP contribution in [0.15, 0.2) is 46.8 Å². The van der Waals surface area contributed by atoms with Crippen LogP contribution in [0.25, 0.3) is 0 Å². The van der Waals surface area contributed by atoms with Gasteiger partial charge in [0.15, 0.2) is 0 Å². The van der Waals surface area contributed by atoms with Crippen molar-refractivity contribution in [2.45, 2.75) is 0 Å². The molecule has 1 heterocycles. The van der Waals surface area contributed by atoms with Gasteiger partial charge in [0.2, 0.25) is 0 Å². The van der Waals surface area contributed by atoms with Gasteiger partial charge in [0.25, 0.3) is 0 Å². The van der Waals surface area contributed by atoms with E-state index in [0.29, 0.717) is 4.70 Å². The van der Waals surface area contributed by atoms with Crippen LogP contribution in [-0.4, -0.2) is 18.8 Å². The monoisotopic (exact) mass is 150 g/mol. The third kappa shape index (κ3) is 4.22. The fourth-order valence-corrected chi connectivity index (χ4v) is 0.465. The van der Waals surface area contributed by atoms with Gasteiger partial charge >= 0.3 is 0 Å². The van der Waals surface area contributed by atoms with E-state index in [2.05, 4.69) is 10.4 Å². The maximum atomic E-state index is 3.60. The molecular weight excluding hydrogens is 138 g/mol. The van der Waals surface area contributed by atoms with Gasteiger partial charge in [0.05, 0.1) is 0 Å². The summed E-state index contributed by atoms with van der Waals surface area (Å²) in [7, 11) is 3.81. The summed E-state index contributed by atoms with van der Waals surface area (Å²) in [5, 5.41) is 7.19. The number of nitrogens with zero attached hydrogens (tertiary/aromatic N) is 3. The third-order valence-corrected chi connectivity index (χ3v) is 1.11. The lowest BCUT2D eigenvalue weighted by atomic mass is 10.4. The summed E-state index contributed by atoms with van der Waals surface area (Å²) in [6.07, 6.45) is 0. The van der Waals surface area contributed by atoms with Crippen LogP contribution in [0.1, 0.15) is 0 Å². The van der Waals surface area contributed by atoms with Gasteiger partial charge in [-0.25, -0.2) is 0 Å². The fourth-order valence-electron chi connectivity index (χ4n) is 0.465. The van der Waals surface area contributed by atoms with Gasteiger partial charge in [-0.1, -0.05) is 36.4 Å². The lowest BCUT2D eigenvalue weighted by molar-refractivity contribution is -0.808. The van der Waals surface area contributed by atoms with Crippen LogP contribution in [0.5, 0.6) is 0 Å². The lowest BCUT2D eigenvalue weighted by Crippen LogP contribution is -2.08. The molecule has 0 atom stereocenters. The normalized spacial score (nSPS) is 16.5. The van der Waals surface area contributed by atoms with E-state index in [-0.39, 0.29) is 0 Å². The summed E-state index contributed by atoms with van der Waals surface area (Å²) in [4.78, 5) is 0. The molecule has 0 aromatic heterocycles. The summed E-state index contributed by atoms with van der Waals surface area (Å²) >= 11 is 0. The van der Waals surface area contributed by atoms with E-state index in [4.69, 9.17) is 0 Å². The molecule has 0 amide bonds. The van der Waals surface area contributed by atoms with Gasteiger partial charge < -0.3 is 0 Å². The molecule has 0 radical (unpaired) electrons. The molecule has 1 aromatic rings. The highest BCUT2D eigenvalue weighted by Crippen LogP contribution is 2.13. The molecule has 0 fully saturated rings. The second kappa shape index (κ2) is 3.25. The second-order valence-electron chi connectivity index (χ2n) is 2.67. The van der Waals surface area contributed by atoms with Gasteiger partial charge in [-0.3, -0.25) is 0 Å². The maximum Gasteiger partial charge on any atom is 0.124 e. The molecule has 2 rings (SSSR count). The van der Waals surface area contributed by atoms with Gasteiger partial charge in [-0.05, 0) is 4.70 Å². The topological polar surface area (TPSA) is 24.7 Å². The average molecular weight is 150 g/mol. The summed E-state index contributed by atoms with van der Waals surface area (Å²) in [6, 6.07) is 12.0. The first-order chi connectivity index (χ1) is 5.21. The van der Waals surface area contributed by atoms with E-state index < -0.39 is 0 Å². The van der Waals surface area contributed by atoms with Crippen molar-refractivity contribution in [3.63, 3.8) is 0 Å². The van der Waals surface area contributed by atoms with Crippen molar-refractivity contribution >= 4 is 0 Å².